The molecule has 0 spiro atoms. The number of sulfonamides is 1. The predicted molar refractivity (Wildman–Crippen MR) is 101 cm³/mol. The molecule has 1 heterocycles. The van der Waals surface area contributed by atoms with Gasteiger partial charge < -0.3 is 5.32 Å². The number of carbonyl (C=O) groups is 1. The summed E-state index contributed by atoms with van der Waals surface area (Å²) in [4.78, 5) is 12.7. The number of piperidine rings is 1. The maximum absolute atomic E-state index is 12.7. The molecule has 5 nitrogen and oxygen atoms in total. The zero-order valence-electron chi connectivity index (χ0n) is 15.9. The van der Waals surface area contributed by atoms with Crippen LogP contribution < -0.4 is 5.32 Å². The number of hydrogen-bond donors (Lipinski definition) is 1. The highest BCUT2D eigenvalue weighted by atomic mass is 32.2. The van der Waals surface area contributed by atoms with Gasteiger partial charge in [0.25, 0.3) is 0 Å². The Bertz CT molecular complexity index is 720. The summed E-state index contributed by atoms with van der Waals surface area (Å²) in [6, 6.07) is 6.29. The first-order valence-corrected chi connectivity index (χ1v) is 10.8. The monoisotopic (exact) mass is 366 g/mol. The van der Waals surface area contributed by atoms with E-state index in [-0.39, 0.29) is 23.8 Å². The number of rotatable bonds is 5. The fourth-order valence-corrected chi connectivity index (χ4v) is 4.37. The third-order valence-electron chi connectivity index (χ3n) is 5.02. The van der Waals surface area contributed by atoms with Crippen LogP contribution in [0.15, 0.2) is 18.2 Å². The molecular weight excluding hydrogens is 336 g/mol. The Kier molecular flexibility index (Phi) is 6.27. The minimum absolute atomic E-state index is 0.0268. The Morgan fingerprint density at radius 3 is 2.28 bits per heavy atom. The number of carbonyl (C=O) groups excluding carboxylic acids is 1. The molecule has 1 fully saturated rings. The molecule has 0 saturated carbocycles. The molecule has 1 aliphatic rings. The van der Waals surface area contributed by atoms with E-state index in [2.05, 4.69) is 51.2 Å². The summed E-state index contributed by atoms with van der Waals surface area (Å²) in [6.45, 7) is 9.20. The molecule has 0 aliphatic carbocycles. The molecule has 140 valence electrons. The quantitative estimate of drug-likeness (QED) is 0.871. The van der Waals surface area contributed by atoms with Gasteiger partial charge >= 0.3 is 0 Å². The van der Waals surface area contributed by atoms with E-state index >= 15 is 0 Å². The van der Waals surface area contributed by atoms with Crippen LogP contribution in [0.25, 0.3) is 0 Å². The predicted octanol–water partition coefficient (Wildman–Crippen LogP) is 2.79. The van der Waals surface area contributed by atoms with Gasteiger partial charge in [-0.1, -0.05) is 37.6 Å². The van der Waals surface area contributed by atoms with Gasteiger partial charge in [-0.3, -0.25) is 4.79 Å². The Labute approximate surface area is 151 Å². The van der Waals surface area contributed by atoms with Crippen LogP contribution in [-0.2, 0) is 14.8 Å². The average Bonchev–Trinajstić information content (AvgIpc) is 2.52. The van der Waals surface area contributed by atoms with Crippen molar-refractivity contribution in [2.24, 2.45) is 11.8 Å². The standard InChI is InChI=1S/C19H30N2O3S/c1-13(2)18(17-7-6-14(3)12-15(17)4)20-19(22)16-8-10-21(11-9-16)25(5,23)24/h6-7,12-13,16,18H,8-11H2,1-5H3,(H,20,22)/t18-/m0/s1. The van der Waals surface area contributed by atoms with Crippen molar-refractivity contribution >= 4 is 15.9 Å². The molecule has 1 N–H and O–H groups in total. The first-order chi connectivity index (χ1) is 11.6. The second-order valence-corrected chi connectivity index (χ2v) is 9.51. The fraction of sp³-hybridized carbons (Fsp3) is 0.632. The largest absolute Gasteiger partial charge is 0.349 e. The van der Waals surface area contributed by atoms with Crippen molar-refractivity contribution in [2.45, 2.75) is 46.6 Å². The number of amides is 1. The van der Waals surface area contributed by atoms with Gasteiger partial charge in [0.05, 0.1) is 12.3 Å². The van der Waals surface area contributed by atoms with E-state index in [0.29, 0.717) is 25.9 Å². The van der Waals surface area contributed by atoms with E-state index in [9.17, 15) is 13.2 Å². The van der Waals surface area contributed by atoms with Crippen molar-refractivity contribution in [3.8, 4) is 0 Å². The molecule has 25 heavy (non-hydrogen) atoms. The minimum Gasteiger partial charge on any atom is -0.349 e. The highest BCUT2D eigenvalue weighted by molar-refractivity contribution is 7.88. The van der Waals surface area contributed by atoms with Crippen molar-refractivity contribution in [3.05, 3.63) is 34.9 Å². The third kappa shape index (κ3) is 5.05. The van der Waals surface area contributed by atoms with E-state index < -0.39 is 10.0 Å². The molecule has 1 atom stereocenters. The maximum Gasteiger partial charge on any atom is 0.223 e. The lowest BCUT2D eigenvalue weighted by Gasteiger charge is -2.32. The van der Waals surface area contributed by atoms with E-state index in [1.165, 1.54) is 21.7 Å². The third-order valence-corrected chi connectivity index (χ3v) is 6.32. The van der Waals surface area contributed by atoms with Crippen LogP contribution in [0.5, 0.6) is 0 Å². The Morgan fingerprint density at radius 1 is 1.20 bits per heavy atom. The van der Waals surface area contributed by atoms with Gasteiger partial charge in [0.15, 0.2) is 0 Å². The number of aryl methyl sites for hydroxylation is 2. The van der Waals surface area contributed by atoms with Gasteiger partial charge in [-0.25, -0.2) is 12.7 Å². The van der Waals surface area contributed by atoms with Crippen LogP contribution >= 0.6 is 0 Å². The van der Waals surface area contributed by atoms with Gasteiger partial charge in [-0.2, -0.15) is 0 Å². The van der Waals surface area contributed by atoms with Crippen molar-refractivity contribution < 1.29 is 13.2 Å². The molecule has 1 aromatic rings. The number of benzene rings is 1. The average molecular weight is 367 g/mol. The summed E-state index contributed by atoms with van der Waals surface area (Å²) < 4.78 is 24.7. The normalized spacial score (nSPS) is 18.3. The molecule has 0 aromatic heterocycles. The summed E-state index contributed by atoms with van der Waals surface area (Å²) in [7, 11) is -3.16. The number of nitrogens with one attached hydrogen (secondary N) is 1. The summed E-state index contributed by atoms with van der Waals surface area (Å²) in [6.07, 6.45) is 2.38. The summed E-state index contributed by atoms with van der Waals surface area (Å²) in [5, 5.41) is 3.21. The van der Waals surface area contributed by atoms with Gasteiger partial charge in [0.2, 0.25) is 15.9 Å². The zero-order chi connectivity index (χ0) is 18.8. The SMILES string of the molecule is Cc1ccc([C@@H](NC(=O)C2CCN(S(C)(=O)=O)CC2)C(C)C)c(C)c1. The van der Waals surface area contributed by atoms with Crippen LogP contribution in [0.3, 0.4) is 0 Å². The lowest BCUT2D eigenvalue weighted by molar-refractivity contribution is -0.127. The fourth-order valence-electron chi connectivity index (χ4n) is 3.50. The zero-order valence-corrected chi connectivity index (χ0v) is 16.7. The van der Waals surface area contributed by atoms with Crippen LogP contribution in [-0.4, -0.2) is 38.0 Å². The summed E-state index contributed by atoms with van der Waals surface area (Å²) in [5.74, 6) is 0.193. The molecule has 6 heteroatoms. The lowest BCUT2D eigenvalue weighted by atomic mass is 9.90. The van der Waals surface area contributed by atoms with Crippen LogP contribution in [0.1, 0.15) is 49.4 Å². The van der Waals surface area contributed by atoms with Gasteiger partial charge in [-0.15, -0.1) is 0 Å². The molecule has 1 aliphatic heterocycles. The van der Waals surface area contributed by atoms with Gasteiger partial charge in [0.1, 0.15) is 0 Å². The van der Waals surface area contributed by atoms with Gasteiger partial charge in [-0.05, 0) is 43.7 Å². The topological polar surface area (TPSA) is 66.5 Å². The van der Waals surface area contributed by atoms with E-state index in [0.717, 1.165) is 5.56 Å². The Morgan fingerprint density at radius 2 is 1.80 bits per heavy atom. The van der Waals surface area contributed by atoms with Crippen LogP contribution in [0.4, 0.5) is 0 Å². The van der Waals surface area contributed by atoms with Crippen molar-refractivity contribution in [2.75, 3.05) is 19.3 Å². The molecule has 0 bridgehead atoms. The molecule has 0 unspecified atom stereocenters. The first-order valence-electron chi connectivity index (χ1n) is 8.92. The highest BCUT2D eigenvalue weighted by Crippen LogP contribution is 2.27. The Balaban J connectivity index is 2.07. The summed E-state index contributed by atoms with van der Waals surface area (Å²) in [5.41, 5.74) is 3.55. The van der Waals surface area contributed by atoms with Crippen LogP contribution in [0.2, 0.25) is 0 Å². The van der Waals surface area contributed by atoms with Crippen molar-refractivity contribution in [1.29, 1.82) is 0 Å². The van der Waals surface area contributed by atoms with E-state index in [4.69, 9.17) is 0 Å². The lowest BCUT2D eigenvalue weighted by Crippen LogP contribution is -2.44. The van der Waals surface area contributed by atoms with E-state index in [1.54, 1.807) is 0 Å². The molecule has 0 radical (unpaired) electrons. The van der Waals surface area contributed by atoms with Crippen LogP contribution in [0, 0.1) is 25.7 Å². The minimum atomic E-state index is -3.16. The highest BCUT2D eigenvalue weighted by Gasteiger charge is 2.30. The smallest absolute Gasteiger partial charge is 0.223 e. The maximum atomic E-state index is 12.7. The second-order valence-electron chi connectivity index (χ2n) is 7.53. The van der Waals surface area contributed by atoms with Crippen molar-refractivity contribution in [1.82, 2.24) is 9.62 Å². The molecule has 1 saturated heterocycles. The molecule has 1 aromatic carbocycles. The molecule has 2 rings (SSSR count). The molecular formula is C19H30N2O3S. The second kappa shape index (κ2) is 7.87. The first kappa shape index (κ1) is 19.9. The Hall–Kier alpha value is -1.40. The van der Waals surface area contributed by atoms with E-state index in [1.807, 2.05) is 0 Å². The molecule has 1 amide bonds. The number of hydrogen-bond acceptors (Lipinski definition) is 3. The van der Waals surface area contributed by atoms with Crippen molar-refractivity contribution in [3.63, 3.8) is 0 Å². The van der Waals surface area contributed by atoms with Gasteiger partial charge in [0, 0.05) is 19.0 Å². The number of nitrogens with zero attached hydrogens (tertiary/aromatic N) is 1. The summed E-state index contributed by atoms with van der Waals surface area (Å²) >= 11 is 0.